The number of aliphatic imine (C=N–C) groups is 1. The highest BCUT2D eigenvalue weighted by molar-refractivity contribution is 6.30. The summed E-state index contributed by atoms with van der Waals surface area (Å²) in [6.07, 6.45) is 0. The van der Waals surface area contributed by atoms with Gasteiger partial charge in [-0.25, -0.2) is 0 Å². The molecule has 146 valence electrons. The normalized spacial score (nSPS) is 19.2. The average Bonchev–Trinajstić information content (AvgIpc) is 2.61. The van der Waals surface area contributed by atoms with Crippen LogP contribution >= 0.6 is 11.6 Å². The first-order valence-electron chi connectivity index (χ1n) is 9.02. The monoisotopic (exact) mass is 382 g/mol. The third-order valence-electron chi connectivity index (χ3n) is 4.44. The van der Waals surface area contributed by atoms with E-state index in [9.17, 15) is 0 Å². The molecule has 7 heteroatoms. The first-order valence-corrected chi connectivity index (χ1v) is 9.40. The van der Waals surface area contributed by atoms with E-state index in [1.807, 2.05) is 12.1 Å². The summed E-state index contributed by atoms with van der Waals surface area (Å²) >= 11 is 6.08. The quantitative estimate of drug-likeness (QED) is 0.430. The zero-order valence-electron chi connectivity index (χ0n) is 16.2. The molecule has 1 aromatic rings. The summed E-state index contributed by atoms with van der Waals surface area (Å²) in [6, 6.07) is 8.29. The second-order valence-electron chi connectivity index (χ2n) is 7.02. The van der Waals surface area contributed by atoms with Gasteiger partial charge in [-0.15, -0.1) is 0 Å². The lowest BCUT2D eigenvalue weighted by molar-refractivity contribution is -0.0971. The maximum absolute atomic E-state index is 6.08. The molecule has 1 aliphatic heterocycles. The Morgan fingerprint density at radius 3 is 2.69 bits per heavy atom. The van der Waals surface area contributed by atoms with Gasteiger partial charge in [-0.3, -0.25) is 9.89 Å². The van der Waals surface area contributed by atoms with Crippen molar-refractivity contribution in [3.63, 3.8) is 0 Å². The summed E-state index contributed by atoms with van der Waals surface area (Å²) in [7, 11) is 3.46. The molecule has 2 N–H and O–H groups in total. The van der Waals surface area contributed by atoms with Gasteiger partial charge in [0.15, 0.2) is 5.96 Å². The third kappa shape index (κ3) is 6.43. The van der Waals surface area contributed by atoms with Crippen LogP contribution in [0.15, 0.2) is 29.3 Å². The predicted octanol–water partition coefficient (Wildman–Crippen LogP) is 2.30. The highest BCUT2D eigenvalue weighted by atomic mass is 35.5. The molecule has 1 atom stereocenters. The fourth-order valence-electron chi connectivity index (χ4n) is 3.15. The van der Waals surface area contributed by atoms with E-state index in [-0.39, 0.29) is 11.6 Å². The fourth-order valence-corrected chi connectivity index (χ4v) is 3.27. The number of nitrogens with zero attached hydrogens (tertiary/aromatic N) is 2. The van der Waals surface area contributed by atoms with E-state index in [1.54, 1.807) is 14.2 Å². The van der Waals surface area contributed by atoms with Crippen molar-refractivity contribution in [2.24, 2.45) is 4.99 Å². The molecule has 1 unspecified atom stereocenters. The zero-order valence-corrected chi connectivity index (χ0v) is 17.0. The summed E-state index contributed by atoms with van der Waals surface area (Å²) in [5.41, 5.74) is 1.08. The van der Waals surface area contributed by atoms with Crippen LogP contribution < -0.4 is 10.6 Å². The minimum Gasteiger partial charge on any atom is -0.383 e. The maximum Gasteiger partial charge on any atom is 0.191 e. The summed E-state index contributed by atoms with van der Waals surface area (Å²) in [5, 5.41) is 7.44. The van der Waals surface area contributed by atoms with Crippen molar-refractivity contribution >= 4 is 17.6 Å². The van der Waals surface area contributed by atoms with E-state index in [0.29, 0.717) is 13.2 Å². The molecular formula is C19H31ClN4O2. The molecule has 0 aliphatic carbocycles. The van der Waals surface area contributed by atoms with Gasteiger partial charge in [-0.05, 0) is 31.5 Å². The Bertz CT molecular complexity index is 577. The van der Waals surface area contributed by atoms with Gasteiger partial charge in [0.2, 0.25) is 0 Å². The van der Waals surface area contributed by atoms with Crippen molar-refractivity contribution in [1.29, 1.82) is 0 Å². The molecule has 0 aromatic heterocycles. The van der Waals surface area contributed by atoms with Gasteiger partial charge in [0.1, 0.15) is 0 Å². The fraction of sp³-hybridized carbons (Fsp3) is 0.632. The van der Waals surface area contributed by atoms with Gasteiger partial charge < -0.3 is 20.1 Å². The molecule has 26 heavy (non-hydrogen) atoms. The van der Waals surface area contributed by atoms with Gasteiger partial charge in [-0.1, -0.05) is 23.7 Å². The number of hydrogen-bond acceptors (Lipinski definition) is 4. The summed E-state index contributed by atoms with van der Waals surface area (Å²) < 4.78 is 11.0. The number of hydrogen-bond donors (Lipinski definition) is 2. The third-order valence-corrected chi connectivity index (χ3v) is 4.69. The maximum atomic E-state index is 6.08. The standard InChI is InChI=1S/C19H31ClN4O2/c1-19(2)14-24(10-12-26-19)17(15-5-7-16(20)8-6-15)13-23-18(21-3)22-9-11-25-4/h5-8,17H,9-14H2,1-4H3,(H2,21,22,23). The number of guanidine groups is 1. The molecule has 6 nitrogen and oxygen atoms in total. The lowest BCUT2D eigenvalue weighted by Crippen LogP contribution is -2.52. The molecule has 1 aromatic carbocycles. The van der Waals surface area contributed by atoms with E-state index in [2.05, 4.69) is 46.5 Å². The molecule has 2 rings (SSSR count). The first-order chi connectivity index (χ1) is 12.4. The van der Waals surface area contributed by atoms with Crippen LogP contribution in [0.2, 0.25) is 5.02 Å². The summed E-state index contributed by atoms with van der Waals surface area (Å²) in [4.78, 5) is 6.75. The molecule has 1 saturated heterocycles. The lowest BCUT2D eigenvalue weighted by atomic mass is 10.0. The average molecular weight is 383 g/mol. The van der Waals surface area contributed by atoms with Crippen molar-refractivity contribution < 1.29 is 9.47 Å². The summed E-state index contributed by atoms with van der Waals surface area (Å²) in [5.74, 6) is 0.772. The minimum atomic E-state index is -0.151. The highest BCUT2D eigenvalue weighted by Gasteiger charge is 2.32. The van der Waals surface area contributed by atoms with Crippen LogP contribution in [0.3, 0.4) is 0 Å². The number of nitrogens with one attached hydrogen (secondary N) is 2. The van der Waals surface area contributed by atoms with Gasteiger partial charge in [0.05, 0.1) is 24.9 Å². The number of halogens is 1. The van der Waals surface area contributed by atoms with Crippen molar-refractivity contribution in [2.45, 2.75) is 25.5 Å². The molecule has 0 amide bonds. The SMILES string of the molecule is CN=C(NCCOC)NCC(c1ccc(Cl)cc1)N1CCOC(C)(C)C1. The number of rotatable bonds is 7. The number of benzene rings is 1. The Hall–Kier alpha value is -1.34. The molecule has 0 bridgehead atoms. The van der Waals surface area contributed by atoms with Crippen LogP contribution in [0.25, 0.3) is 0 Å². The van der Waals surface area contributed by atoms with Crippen LogP contribution in [0.1, 0.15) is 25.5 Å². The van der Waals surface area contributed by atoms with E-state index >= 15 is 0 Å². The van der Waals surface area contributed by atoms with Crippen molar-refractivity contribution in [2.75, 3.05) is 53.6 Å². The van der Waals surface area contributed by atoms with Gasteiger partial charge >= 0.3 is 0 Å². The largest absolute Gasteiger partial charge is 0.383 e. The summed E-state index contributed by atoms with van der Waals surface area (Å²) in [6.45, 7) is 8.87. The molecule has 0 saturated carbocycles. The number of morpholine rings is 1. The first kappa shape index (κ1) is 21.0. The Labute approximate surface area is 161 Å². The van der Waals surface area contributed by atoms with Crippen molar-refractivity contribution in [3.05, 3.63) is 34.9 Å². The van der Waals surface area contributed by atoms with Crippen LogP contribution in [0.5, 0.6) is 0 Å². The molecular weight excluding hydrogens is 352 g/mol. The van der Waals surface area contributed by atoms with Crippen molar-refractivity contribution in [1.82, 2.24) is 15.5 Å². The molecule has 1 fully saturated rings. The highest BCUT2D eigenvalue weighted by Crippen LogP contribution is 2.27. The smallest absolute Gasteiger partial charge is 0.191 e. The topological polar surface area (TPSA) is 58.1 Å². The predicted molar refractivity (Wildman–Crippen MR) is 107 cm³/mol. The van der Waals surface area contributed by atoms with Gasteiger partial charge in [-0.2, -0.15) is 0 Å². The Morgan fingerprint density at radius 1 is 1.35 bits per heavy atom. The Balaban J connectivity index is 2.09. The van der Waals surface area contributed by atoms with Crippen LogP contribution in [0.4, 0.5) is 0 Å². The van der Waals surface area contributed by atoms with Crippen LogP contribution in [-0.2, 0) is 9.47 Å². The minimum absolute atomic E-state index is 0.151. The Morgan fingerprint density at radius 2 is 2.08 bits per heavy atom. The number of methoxy groups -OCH3 is 1. The van der Waals surface area contributed by atoms with Gasteiger partial charge in [0.25, 0.3) is 0 Å². The van der Waals surface area contributed by atoms with Gasteiger partial charge in [0, 0.05) is 45.4 Å². The second kappa shape index (κ2) is 10.1. The zero-order chi connectivity index (χ0) is 19.0. The molecule has 1 heterocycles. The molecule has 0 spiro atoms. The lowest BCUT2D eigenvalue weighted by Gasteiger charge is -2.42. The van der Waals surface area contributed by atoms with E-state index in [1.165, 1.54) is 5.56 Å². The van der Waals surface area contributed by atoms with Crippen LogP contribution in [0, 0.1) is 0 Å². The number of ether oxygens (including phenoxy) is 2. The van der Waals surface area contributed by atoms with E-state index in [0.717, 1.165) is 37.2 Å². The van der Waals surface area contributed by atoms with Crippen LogP contribution in [-0.4, -0.2) is 70.0 Å². The van der Waals surface area contributed by atoms with E-state index in [4.69, 9.17) is 21.1 Å². The second-order valence-corrected chi connectivity index (χ2v) is 7.46. The van der Waals surface area contributed by atoms with E-state index < -0.39 is 0 Å². The molecule has 1 aliphatic rings. The molecule has 0 radical (unpaired) electrons. The van der Waals surface area contributed by atoms with Crippen molar-refractivity contribution in [3.8, 4) is 0 Å². The Kier molecular flexibility index (Phi) is 8.15.